The molecular formula is C22H29ClN2O6. The van der Waals surface area contributed by atoms with E-state index in [-0.39, 0.29) is 22.8 Å². The Morgan fingerprint density at radius 3 is 2.55 bits per heavy atom. The summed E-state index contributed by atoms with van der Waals surface area (Å²) in [7, 11) is 1.63. The standard InChI is InChI=1S/C22H29ClN2O6/c1-15-18(13-19(20(23)24-15)29-11-6-10-28-5)30-12-9-25-8-7-17(26)16(14-25)21(27)31-22(2,3)4/h7-8,13-14H,6,9-12H2,1-5H3. The monoisotopic (exact) mass is 452 g/mol. The van der Waals surface area contributed by atoms with Crippen molar-refractivity contribution < 1.29 is 23.7 Å². The van der Waals surface area contributed by atoms with Gasteiger partial charge in [0.15, 0.2) is 16.3 Å². The van der Waals surface area contributed by atoms with Crippen LogP contribution in [0.5, 0.6) is 11.5 Å². The number of carbonyl (C=O) groups is 1. The minimum absolute atomic E-state index is 0.0199. The average Bonchev–Trinajstić information content (AvgIpc) is 2.67. The molecule has 0 unspecified atom stereocenters. The number of halogens is 1. The number of esters is 1. The highest BCUT2D eigenvalue weighted by molar-refractivity contribution is 6.30. The molecule has 0 spiro atoms. The summed E-state index contributed by atoms with van der Waals surface area (Å²) in [4.78, 5) is 28.6. The molecule has 0 radical (unpaired) electrons. The van der Waals surface area contributed by atoms with Crippen LogP contribution in [-0.4, -0.2) is 48.1 Å². The molecule has 2 aromatic rings. The molecule has 0 amide bonds. The summed E-state index contributed by atoms with van der Waals surface area (Å²) in [5.74, 6) is 0.328. The second-order valence-corrected chi connectivity index (χ2v) is 8.22. The highest BCUT2D eigenvalue weighted by Crippen LogP contribution is 2.29. The van der Waals surface area contributed by atoms with Gasteiger partial charge in [-0.25, -0.2) is 9.78 Å². The van der Waals surface area contributed by atoms with Gasteiger partial charge in [-0.2, -0.15) is 0 Å². The van der Waals surface area contributed by atoms with Gasteiger partial charge in [-0.15, -0.1) is 0 Å². The zero-order valence-electron chi connectivity index (χ0n) is 18.6. The minimum Gasteiger partial charge on any atom is -0.490 e. The van der Waals surface area contributed by atoms with E-state index in [0.29, 0.717) is 37.0 Å². The van der Waals surface area contributed by atoms with Crippen LogP contribution in [0.1, 0.15) is 43.2 Å². The highest BCUT2D eigenvalue weighted by Gasteiger charge is 2.20. The number of methoxy groups -OCH3 is 1. The Hall–Kier alpha value is -2.58. The molecule has 0 fully saturated rings. The number of carbonyl (C=O) groups excluding carboxylic acids is 1. The van der Waals surface area contributed by atoms with Crippen molar-refractivity contribution in [3.05, 3.63) is 51.2 Å². The van der Waals surface area contributed by atoms with Gasteiger partial charge in [0.1, 0.15) is 23.5 Å². The first-order valence-corrected chi connectivity index (χ1v) is 10.3. The summed E-state index contributed by atoms with van der Waals surface area (Å²) in [6.45, 7) is 8.75. The molecule has 0 aliphatic carbocycles. The van der Waals surface area contributed by atoms with Gasteiger partial charge in [0, 0.05) is 44.7 Å². The summed E-state index contributed by atoms with van der Waals surface area (Å²) in [6, 6.07) is 3.04. The van der Waals surface area contributed by atoms with Crippen molar-refractivity contribution in [3.8, 4) is 11.5 Å². The Bertz CT molecular complexity index is 952. The van der Waals surface area contributed by atoms with Crippen molar-refractivity contribution in [2.75, 3.05) is 26.9 Å². The molecular weight excluding hydrogens is 424 g/mol. The normalized spacial score (nSPS) is 11.3. The molecule has 0 aliphatic rings. The van der Waals surface area contributed by atoms with Crippen LogP contribution in [-0.2, 0) is 16.0 Å². The highest BCUT2D eigenvalue weighted by atomic mass is 35.5. The van der Waals surface area contributed by atoms with Crippen molar-refractivity contribution in [2.45, 2.75) is 46.3 Å². The van der Waals surface area contributed by atoms with Gasteiger partial charge in [0.05, 0.1) is 18.8 Å². The molecule has 8 nitrogen and oxygen atoms in total. The molecule has 0 saturated carbocycles. The fraction of sp³-hybridized carbons (Fsp3) is 0.500. The number of nitrogens with zero attached hydrogens (tertiary/aromatic N) is 2. The van der Waals surface area contributed by atoms with Gasteiger partial charge in [0.2, 0.25) is 0 Å². The number of rotatable bonds is 10. The molecule has 0 aromatic carbocycles. The third kappa shape index (κ3) is 7.88. The molecule has 0 atom stereocenters. The van der Waals surface area contributed by atoms with Crippen LogP contribution in [0, 0.1) is 6.92 Å². The van der Waals surface area contributed by atoms with Crippen molar-refractivity contribution >= 4 is 17.6 Å². The Morgan fingerprint density at radius 1 is 1.16 bits per heavy atom. The fourth-order valence-electron chi connectivity index (χ4n) is 2.59. The van der Waals surface area contributed by atoms with Gasteiger partial charge >= 0.3 is 5.97 Å². The zero-order chi connectivity index (χ0) is 23.0. The molecule has 0 aliphatic heterocycles. The summed E-state index contributed by atoms with van der Waals surface area (Å²) >= 11 is 6.15. The van der Waals surface area contributed by atoms with E-state index in [0.717, 1.165) is 6.42 Å². The van der Waals surface area contributed by atoms with E-state index < -0.39 is 11.6 Å². The molecule has 2 heterocycles. The lowest BCUT2D eigenvalue weighted by atomic mass is 10.2. The third-order valence-corrected chi connectivity index (χ3v) is 4.31. The predicted molar refractivity (Wildman–Crippen MR) is 117 cm³/mol. The quantitative estimate of drug-likeness (QED) is 0.309. The van der Waals surface area contributed by atoms with Gasteiger partial charge in [0.25, 0.3) is 0 Å². The van der Waals surface area contributed by atoms with Crippen LogP contribution in [0.2, 0.25) is 5.15 Å². The number of ether oxygens (including phenoxy) is 4. The third-order valence-electron chi connectivity index (χ3n) is 4.04. The van der Waals surface area contributed by atoms with Crippen LogP contribution in [0.15, 0.2) is 29.3 Å². The topological polar surface area (TPSA) is 88.9 Å². The molecule has 0 saturated heterocycles. The largest absolute Gasteiger partial charge is 0.490 e. The first-order valence-electron chi connectivity index (χ1n) is 9.96. The first-order chi connectivity index (χ1) is 14.6. The van der Waals surface area contributed by atoms with Crippen LogP contribution in [0.3, 0.4) is 0 Å². The second-order valence-electron chi connectivity index (χ2n) is 7.87. The lowest BCUT2D eigenvalue weighted by Gasteiger charge is -2.19. The molecule has 2 aromatic heterocycles. The van der Waals surface area contributed by atoms with Gasteiger partial charge in [-0.3, -0.25) is 4.79 Å². The summed E-state index contributed by atoms with van der Waals surface area (Å²) in [5, 5.41) is 0.268. The van der Waals surface area contributed by atoms with Gasteiger partial charge in [-0.05, 0) is 27.7 Å². The van der Waals surface area contributed by atoms with E-state index in [1.54, 1.807) is 51.6 Å². The number of pyridine rings is 2. The van der Waals surface area contributed by atoms with Crippen molar-refractivity contribution in [2.24, 2.45) is 0 Å². The van der Waals surface area contributed by atoms with E-state index in [1.807, 2.05) is 0 Å². The molecule has 9 heteroatoms. The van der Waals surface area contributed by atoms with Gasteiger partial charge in [-0.1, -0.05) is 11.6 Å². The minimum atomic E-state index is -0.685. The Labute approximate surface area is 187 Å². The van der Waals surface area contributed by atoms with Crippen molar-refractivity contribution in [1.29, 1.82) is 0 Å². The number of hydrogen-bond donors (Lipinski definition) is 0. The maximum Gasteiger partial charge on any atom is 0.344 e. The van der Waals surface area contributed by atoms with E-state index in [2.05, 4.69) is 4.98 Å². The summed E-state index contributed by atoms with van der Waals surface area (Å²) < 4.78 is 23.5. The molecule has 0 bridgehead atoms. The summed E-state index contributed by atoms with van der Waals surface area (Å²) in [6.07, 6.45) is 3.79. The lowest BCUT2D eigenvalue weighted by Crippen LogP contribution is -2.28. The molecule has 0 N–H and O–H groups in total. The first kappa shape index (κ1) is 24.7. The predicted octanol–water partition coefficient (Wildman–Crippen LogP) is 3.65. The maximum atomic E-state index is 12.3. The van der Waals surface area contributed by atoms with E-state index in [1.165, 1.54) is 12.3 Å². The average molecular weight is 453 g/mol. The Kier molecular flexibility index (Phi) is 8.88. The summed E-state index contributed by atoms with van der Waals surface area (Å²) in [5.41, 5.74) is -0.466. The zero-order valence-corrected chi connectivity index (χ0v) is 19.3. The maximum absolute atomic E-state index is 12.3. The lowest BCUT2D eigenvalue weighted by molar-refractivity contribution is 0.00669. The van der Waals surface area contributed by atoms with Crippen molar-refractivity contribution in [3.63, 3.8) is 0 Å². The van der Waals surface area contributed by atoms with E-state index >= 15 is 0 Å². The molecule has 2 rings (SSSR count). The van der Waals surface area contributed by atoms with Crippen LogP contribution in [0.25, 0.3) is 0 Å². The van der Waals surface area contributed by atoms with E-state index in [9.17, 15) is 9.59 Å². The number of aryl methyl sites for hydroxylation is 1. The number of hydrogen-bond acceptors (Lipinski definition) is 7. The Morgan fingerprint density at radius 2 is 1.87 bits per heavy atom. The van der Waals surface area contributed by atoms with Crippen molar-refractivity contribution in [1.82, 2.24) is 9.55 Å². The second kappa shape index (κ2) is 11.2. The molecule has 31 heavy (non-hydrogen) atoms. The fourth-order valence-corrected chi connectivity index (χ4v) is 2.82. The molecule has 170 valence electrons. The smallest absolute Gasteiger partial charge is 0.344 e. The van der Waals surface area contributed by atoms with Gasteiger partial charge < -0.3 is 23.5 Å². The SMILES string of the molecule is COCCCOc1cc(OCCn2ccc(=O)c(C(=O)OC(C)(C)C)c2)c(C)nc1Cl. The van der Waals surface area contributed by atoms with Crippen LogP contribution >= 0.6 is 11.6 Å². The Balaban J connectivity index is 2.02. The number of aromatic nitrogens is 2. The van der Waals surface area contributed by atoms with E-state index in [4.69, 9.17) is 30.5 Å². The van der Waals surface area contributed by atoms with Crippen LogP contribution < -0.4 is 14.9 Å². The van der Waals surface area contributed by atoms with Crippen LogP contribution in [0.4, 0.5) is 0 Å².